The lowest BCUT2D eigenvalue weighted by Gasteiger charge is -2.42. The van der Waals surface area contributed by atoms with Crippen molar-refractivity contribution in [2.24, 2.45) is 0 Å². The molecule has 1 fully saturated rings. The summed E-state index contributed by atoms with van der Waals surface area (Å²) in [5.74, 6) is -0.801. The molecule has 1 heterocycles. The Kier molecular flexibility index (Phi) is 6.41. The summed E-state index contributed by atoms with van der Waals surface area (Å²) in [7, 11) is 0. The van der Waals surface area contributed by atoms with Gasteiger partial charge in [-0.05, 0) is 49.7 Å². The Hall–Kier alpha value is -1.60. The average Bonchev–Trinajstić information content (AvgIpc) is 2.85. The van der Waals surface area contributed by atoms with Crippen molar-refractivity contribution in [3.63, 3.8) is 0 Å². The number of carbonyl (C=O) groups excluding carboxylic acids is 1. The van der Waals surface area contributed by atoms with Crippen LogP contribution in [0.25, 0.3) is 0 Å². The normalized spacial score (nSPS) is 20.1. The molecule has 3 N–H and O–H groups in total. The molecule has 0 radical (unpaired) electrons. The quantitative estimate of drug-likeness (QED) is 0.675. The Morgan fingerprint density at radius 1 is 1.43 bits per heavy atom. The second-order valence-corrected chi connectivity index (χ2v) is 6.96. The van der Waals surface area contributed by atoms with Gasteiger partial charge in [-0.1, -0.05) is 6.92 Å². The van der Waals surface area contributed by atoms with Gasteiger partial charge in [0.25, 0.3) is 0 Å². The van der Waals surface area contributed by atoms with Crippen molar-refractivity contribution in [1.82, 2.24) is 15.5 Å². The zero-order valence-electron chi connectivity index (χ0n) is 13.7. The van der Waals surface area contributed by atoms with E-state index in [1.165, 1.54) is 10.4 Å². The van der Waals surface area contributed by atoms with Gasteiger partial charge >= 0.3 is 12.0 Å². The van der Waals surface area contributed by atoms with Gasteiger partial charge < -0.3 is 15.7 Å². The SMILES string of the molecule is CCN(CC(=O)O)C1CC(NC(=O)NCCc2sccc2C)C1. The number of carbonyl (C=O) groups is 2. The summed E-state index contributed by atoms with van der Waals surface area (Å²) in [6.07, 6.45) is 2.49. The molecule has 7 heteroatoms. The molecule has 1 saturated carbocycles. The molecule has 2 amide bonds. The number of aryl methyl sites for hydroxylation is 1. The van der Waals surface area contributed by atoms with Gasteiger partial charge in [0, 0.05) is 23.5 Å². The third-order valence-corrected chi connectivity index (χ3v) is 5.40. The van der Waals surface area contributed by atoms with Crippen molar-refractivity contribution < 1.29 is 14.7 Å². The van der Waals surface area contributed by atoms with E-state index in [-0.39, 0.29) is 24.7 Å². The van der Waals surface area contributed by atoms with Crippen LogP contribution < -0.4 is 10.6 Å². The number of nitrogens with zero attached hydrogens (tertiary/aromatic N) is 1. The van der Waals surface area contributed by atoms with E-state index < -0.39 is 5.97 Å². The molecular weight excluding hydrogens is 314 g/mol. The maximum absolute atomic E-state index is 11.9. The molecule has 23 heavy (non-hydrogen) atoms. The first-order valence-electron chi connectivity index (χ1n) is 8.02. The molecular formula is C16H25N3O3S. The molecule has 0 aliphatic heterocycles. The average molecular weight is 339 g/mol. The van der Waals surface area contributed by atoms with E-state index in [1.807, 2.05) is 11.8 Å². The Labute approximate surface area is 140 Å². The minimum atomic E-state index is -0.801. The molecule has 0 bridgehead atoms. The lowest BCUT2D eigenvalue weighted by Crippen LogP contribution is -2.56. The number of nitrogens with one attached hydrogen (secondary N) is 2. The summed E-state index contributed by atoms with van der Waals surface area (Å²) in [6, 6.07) is 2.36. The van der Waals surface area contributed by atoms with E-state index in [2.05, 4.69) is 29.0 Å². The van der Waals surface area contributed by atoms with E-state index in [1.54, 1.807) is 11.3 Å². The van der Waals surface area contributed by atoms with Gasteiger partial charge in [-0.15, -0.1) is 11.3 Å². The first kappa shape index (κ1) is 17.7. The van der Waals surface area contributed by atoms with Crippen molar-refractivity contribution in [2.75, 3.05) is 19.6 Å². The summed E-state index contributed by atoms with van der Waals surface area (Å²) in [5, 5.41) is 16.8. The predicted octanol–water partition coefficient (Wildman–Crippen LogP) is 1.84. The summed E-state index contributed by atoms with van der Waals surface area (Å²) in [6.45, 7) is 5.46. The van der Waals surface area contributed by atoms with E-state index >= 15 is 0 Å². The molecule has 1 aromatic rings. The first-order valence-corrected chi connectivity index (χ1v) is 8.90. The van der Waals surface area contributed by atoms with Gasteiger partial charge in [-0.25, -0.2) is 4.79 Å². The van der Waals surface area contributed by atoms with Crippen LogP contribution in [0, 0.1) is 6.92 Å². The maximum atomic E-state index is 11.9. The number of rotatable bonds is 8. The maximum Gasteiger partial charge on any atom is 0.317 e. The number of carboxylic acid groups (broad SMARTS) is 1. The lowest BCUT2D eigenvalue weighted by molar-refractivity contribution is -0.139. The Bertz CT molecular complexity index is 540. The Balaban J connectivity index is 1.62. The van der Waals surface area contributed by atoms with Gasteiger partial charge in [0.2, 0.25) is 0 Å². The van der Waals surface area contributed by atoms with Crippen molar-refractivity contribution in [3.05, 3.63) is 21.9 Å². The van der Waals surface area contributed by atoms with Crippen molar-refractivity contribution in [3.8, 4) is 0 Å². The largest absolute Gasteiger partial charge is 0.480 e. The second-order valence-electron chi connectivity index (χ2n) is 5.96. The smallest absolute Gasteiger partial charge is 0.317 e. The van der Waals surface area contributed by atoms with Gasteiger partial charge in [0.1, 0.15) is 0 Å². The minimum absolute atomic E-state index is 0.0697. The standard InChI is InChI=1S/C16H25N3O3S/c1-3-19(10-15(20)21)13-8-12(9-13)18-16(22)17-6-4-14-11(2)5-7-23-14/h5,7,12-13H,3-4,6,8-10H2,1-2H3,(H,20,21)(H2,17,18,22). The summed E-state index contributed by atoms with van der Waals surface area (Å²) in [5.41, 5.74) is 1.28. The molecule has 1 aliphatic carbocycles. The third-order valence-electron chi connectivity index (χ3n) is 4.32. The second kappa shape index (κ2) is 8.31. The van der Waals surface area contributed by atoms with Gasteiger partial charge in [0.15, 0.2) is 0 Å². The van der Waals surface area contributed by atoms with Crippen LogP contribution in [-0.2, 0) is 11.2 Å². The van der Waals surface area contributed by atoms with E-state index in [9.17, 15) is 9.59 Å². The summed E-state index contributed by atoms with van der Waals surface area (Å²) < 4.78 is 0. The summed E-state index contributed by atoms with van der Waals surface area (Å²) >= 11 is 1.72. The van der Waals surface area contributed by atoms with Crippen LogP contribution in [0.1, 0.15) is 30.2 Å². The van der Waals surface area contributed by atoms with Crippen LogP contribution in [0.5, 0.6) is 0 Å². The molecule has 2 rings (SSSR count). The number of amides is 2. The monoisotopic (exact) mass is 339 g/mol. The minimum Gasteiger partial charge on any atom is -0.480 e. The highest BCUT2D eigenvalue weighted by molar-refractivity contribution is 7.10. The first-order chi connectivity index (χ1) is 11.0. The van der Waals surface area contributed by atoms with Crippen molar-refractivity contribution >= 4 is 23.3 Å². The Morgan fingerprint density at radius 2 is 2.17 bits per heavy atom. The highest BCUT2D eigenvalue weighted by Gasteiger charge is 2.34. The molecule has 1 aromatic heterocycles. The van der Waals surface area contributed by atoms with Crippen LogP contribution in [0.3, 0.4) is 0 Å². The topological polar surface area (TPSA) is 81.7 Å². The fraction of sp³-hybridized carbons (Fsp3) is 0.625. The van der Waals surface area contributed by atoms with Gasteiger partial charge in [-0.2, -0.15) is 0 Å². The zero-order valence-corrected chi connectivity index (χ0v) is 14.5. The number of carboxylic acids is 1. The highest BCUT2D eigenvalue weighted by atomic mass is 32.1. The molecule has 0 spiro atoms. The molecule has 0 unspecified atom stereocenters. The lowest BCUT2D eigenvalue weighted by atomic mass is 9.85. The number of urea groups is 1. The fourth-order valence-corrected chi connectivity index (χ4v) is 3.77. The third kappa shape index (κ3) is 5.21. The molecule has 1 aliphatic rings. The van der Waals surface area contributed by atoms with Crippen molar-refractivity contribution in [1.29, 1.82) is 0 Å². The number of aliphatic carboxylic acids is 1. The number of likely N-dealkylation sites (N-methyl/N-ethyl adjacent to an activating group) is 1. The van der Waals surface area contributed by atoms with Gasteiger partial charge in [0.05, 0.1) is 6.54 Å². The van der Waals surface area contributed by atoms with E-state index in [4.69, 9.17) is 5.11 Å². The fourth-order valence-electron chi connectivity index (χ4n) is 2.86. The van der Waals surface area contributed by atoms with E-state index in [0.29, 0.717) is 6.54 Å². The van der Waals surface area contributed by atoms with Gasteiger partial charge in [-0.3, -0.25) is 9.69 Å². The number of hydrogen-bond donors (Lipinski definition) is 3. The molecule has 0 saturated heterocycles. The van der Waals surface area contributed by atoms with Crippen LogP contribution >= 0.6 is 11.3 Å². The summed E-state index contributed by atoms with van der Waals surface area (Å²) in [4.78, 5) is 25.9. The molecule has 0 atom stereocenters. The molecule has 6 nitrogen and oxygen atoms in total. The van der Waals surface area contributed by atoms with Crippen LogP contribution in [0.2, 0.25) is 0 Å². The van der Waals surface area contributed by atoms with E-state index in [0.717, 1.165) is 25.8 Å². The molecule has 128 valence electrons. The van der Waals surface area contributed by atoms with Crippen LogP contribution in [-0.4, -0.2) is 53.7 Å². The predicted molar refractivity (Wildman–Crippen MR) is 91.0 cm³/mol. The molecule has 0 aromatic carbocycles. The number of hydrogen-bond acceptors (Lipinski definition) is 4. The highest BCUT2D eigenvalue weighted by Crippen LogP contribution is 2.25. The van der Waals surface area contributed by atoms with Crippen LogP contribution in [0.4, 0.5) is 4.79 Å². The van der Waals surface area contributed by atoms with Crippen LogP contribution in [0.15, 0.2) is 11.4 Å². The Morgan fingerprint density at radius 3 is 2.74 bits per heavy atom. The number of thiophene rings is 1. The van der Waals surface area contributed by atoms with Crippen molar-refractivity contribution in [2.45, 2.75) is 45.2 Å². The zero-order chi connectivity index (χ0) is 16.8.